The van der Waals surface area contributed by atoms with Crippen LogP contribution in [0.5, 0.6) is 5.88 Å². The van der Waals surface area contributed by atoms with Crippen molar-refractivity contribution in [3.05, 3.63) is 41.6 Å². The summed E-state index contributed by atoms with van der Waals surface area (Å²) in [7, 11) is 0. The van der Waals surface area contributed by atoms with Crippen molar-refractivity contribution in [2.75, 3.05) is 19.7 Å². The lowest BCUT2D eigenvalue weighted by Gasteiger charge is -2.30. The summed E-state index contributed by atoms with van der Waals surface area (Å²) in [6.07, 6.45) is 2.13. The van der Waals surface area contributed by atoms with Crippen LogP contribution in [0.1, 0.15) is 31.0 Å². The number of hydrogen-bond acceptors (Lipinski definition) is 4. The van der Waals surface area contributed by atoms with Crippen molar-refractivity contribution < 1.29 is 9.53 Å². The van der Waals surface area contributed by atoms with Crippen LogP contribution in [0.3, 0.4) is 0 Å². The molecule has 1 amide bonds. The van der Waals surface area contributed by atoms with Crippen molar-refractivity contribution in [1.82, 2.24) is 14.9 Å². The minimum Gasteiger partial charge on any atom is -0.467 e. The summed E-state index contributed by atoms with van der Waals surface area (Å²) in [6, 6.07) is 9.82. The van der Waals surface area contributed by atoms with Crippen LogP contribution in [0.25, 0.3) is 11.4 Å². The Kier molecular flexibility index (Phi) is 5.31. The zero-order valence-corrected chi connectivity index (χ0v) is 15.2. The van der Waals surface area contributed by atoms with E-state index < -0.39 is 0 Å². The number of piperidine rings is 1. The van der Waals surface area contributed by atoms with E-state index in [9.17, 15) is 4.79 Å². The van der Waals surface area contributed by atoms with Gasteiger partial charge < -0.3 is 9.64 Å². The maximum atomic E-state index is 12.3. The van der Waals surface area contributed by atoms with Gasteiger partial charge in [0.05, 0.1) is 0 Å². The van der Waals surface area contributed by atoms with Gasteiger partial charge in [-0.25, -0.2) is 4.98 Å². The molecule has 1 aromatic carbocycles. The van der Waals surface area contributed by atoms with Gasteiger partial charge in [0, 0.05) is 30.4 Å². The molecule has 0 unspecified atom stereocenters. The molecule has 0 saturated carbocycles. The second kappa shape index (κ2) is 7.64. The van der Waals surface area contributed by atoms with Crippen LogP contribution >= 0.6 is 0 Å². The maximum Gasteiger partial charge on any atom is 0.260 e. The summed E-state index contributed by atoms with van der Waals surface area (Å²) in [6.45, 7) is 7.84. The monoisotopic (exact) mass is 339 g/mol. The fourth-order valence-corrected chi connectivity index (χ4v) is 2.93. The lowest BCUT2D eigenvalue weighted by molar-refractivity contribution is -0.134. The van der Waals surface area contributed by atoms with E-state index in [1.165, 1.54) is 5.56 Å². The number of amides is 1. The minimum atomic E-state index is 0.0260. The first-order valence-electron chi connectivity index (χ1n) is 8.84. The molecule has 1 saturated heterocycles. The Morgan fingerprint density at radius 1 is 1.16 bits per heavy atom. The first-order chi connectivity index (χ1) is 12.0. The molecule has 1 aliphatic rings. The van der Waals surface area contributed by atoms with Crippen LogP contribution in [0.2, 0.25) is 0 Å². The summed E-state index contributed by atoms with van der Waals surface area (Å²) in [4.78, 5) is 23.1. The van der Waals surface area contributed by atoms with Crippen molar-refractivity contribution in [3.63, 3.8) is 0 Å². The first-order valence-corrected chi connectivity index (χ1v) is 8.84. The van der Waals surface area contributed by atoms with Crippen LogP contribution in [0.15, 0.2) is 30.3 Å². The molecule has 25 heavy (non-hydrogen) atoms. The molecule has 0 aliphatic carbocycles. The molecule has 1 fully saturated rings. The highest BCUT2D eigenvalue weighted by Gasteiger charge is 2.20. The van der Waals surface area contributed by atoms with E-state index >= 15 is 0 Å². The maximum absolute atomic E-state index is 12.3. The van der Waals surface area contributed by atoms with E-state index in [0.29, 0.717) is 17.6 Å². The second-order valence-corrected chi connectivity index (χ2v) is 6.89. The van der Waals surface area contributed by atoms with E-state index in [4.69, 9.17) is 4.74 Å². The number of aryl methyl sites for hydroxylation is 2. The van der Waals surface area contributed by atoms with E-state index in [1.807, 2.05) is 43.0 Å². The van der Waals surface area contributed by atoms with Crippen LogP contribution < -0.4 is 4.74 Å². The molecule has 0 atom stereocenters. The van der Waals surface area contributed by atoms with Gasteiger partial charge in [-0.15, -0.1) is 0 Å². The lowest BCUT2D eigenvalue weighted by Crippen LogP contribution is -2.40. The van der Waals surface area contributed by atoms with E-state index in [0.717, 1.165) is 37.2 Å². The summed E-state index contributed by atoms with van der Waals surface area (Å²) in [5.74, 6) is 1.79. The highest BCUT2D eigenvalue weighted by molar-refractivity contribution is 5.77. The number of nitrogens with zero attached hydrogens (tertiary/aromatic N) is 3. The molecule has 5 nitrogen and oxygen atoms in total. The van der Waals surface area contributed by atoms with Crippen LogP contribution in [0.4, 0.5) is 0 Å². The third-order valence-corrected chi connectivity index (χ3v) is 4.62. The number of rotatable bonds is 4. The van der Waals surface area contributed by atoms with E-state index in [-0.39, 0.29) is 12.5 Å². The zero-order valence-electron chi connectivity index (χ0n) is 15.2. The fraction of sp³-hybridized carbons (Fsp3) is 0.450. The Labute approximate surface area is 149 Å². The topological polar surface area (TPSA) is 55.3 Å². The van der Waals surface area contributed by atoms with E-state index in [1.54, 1.807) is 6.07 Å². The van der Waals surface area contributed by atoms with Gasteiger partial charge in [-0.3, -0.25) is 4.79 Å². The molecule has 2 heterocycles. The smallest absolute Gasteiger partial charge is 0.260 e. The molecule has 0 radical (unpaired) electrons. The standard InChI is InChI=1S/C20H25N3O2/c1-14-4-6-17(7-5-14)20-21-16(3)12-18(22-20)25-13-19(24)23-10-8-15(2)9-11-23/h4-7,12,15H,8-11,13H2,1-3H3. The normalized spacial score (nSPS) is 15.2. The molecule has 5 heteroatoms. The van der Waals surface area contributed by atoms with Crippen molar-refractivity contribution >= 4 is 5.91 Å². The van der Waals surface area contributed by atoms with E-state index in [2.05, 4.69) is 16.9 Å². The fourth-order valence-electron chi connectivity index (χ4n) is 2.93. The van der Waals surface area contributed by atoms with Crippen LogP contribution in [-0.2, 0) is 4.79 Å². The average molecular weight is 339 g/mol. The first kappa shape index (κ1) is 17.4. The van der Waals surface area contributed by atoms with Crippen molar-refractivity contribution in [3.8, 4) is 17.3 Å². The van der Waals surface area contributed by atoms with Gasteiger partial charge in [0.25, 0.3) is 5.91 Å². The molecule has 3 rings (SSSR count). The molecule has 2 aromatic rings. The lowest BCUT2D eigenvalue weighted by atomic mass is 9.99. The minimum absolute atomic E-state index is 0.0260. The second-order valence-electron chi connectivity index (χ2n) is 6.89. The average Bonchev–Trinajstić information content (AvgIpc) is 2.60. The summed E-state index contributed by atoms with van der Waals surface area (Å²) in [5, 5.41) is 0. The third-order valence-electron chi connectivity index (χ3n) is 4.62. The highest BCUT2D eigenvalue weighted by Crippen LogP contribution is 2.20. The molecule has 1 aliphatic heterocycles. The SMILES string of the molecule is Cc1ccc(-c2nc(C)cc(OCC(=O)N3CCC(C)CC3)n2)cc1. The summed E-state index contributed by atoms with van der Waals surface area (Å²) < 4.78 is 5.67. The van der Waals surface area contributed by atoms with Gasteiger partial charge in [0.1, 0.15) is 0 Å². The molecule has 0 bridgehead atoms. The van der Waals surface area contributed by atoms with Gasteiger partial charge >= 0.3 is 0 Å². The largest absolute Gasteiger partial charge is 0.467 e. The van der Waals surface area contributed by atoms with Gasteiger partial charge in [-0.1, -0.05) is 36.8 Å². The van der Waals surface area contributed by atoms with Crippen molar-refractivity contribution in [2.45, 2.75) is 33.6 Å². The number of ether oxygens (including phenoxy) is 1. The molecular weight excluding hydrogens is 314 g/mol. The van der Waals surface area contributed by atoms with Gasteiger partial charge in [-0.05, 0) is 32.6 Å². The molecule has 0 N–H and O–H groups in total. The molecule has 0 spiro atoms. The summed E-state index contributed by atoms with van der Waals surface area (Å²) >= 11 is 0. The zero-order chi connectivity index (χ0) is 17.8. The Hall–Kier alpha value is -2.43. The predicted octanol–water partition coefficient (Wildman–Crippen LogP) is 3.40. The Bertz CT molecular complexity index is 735. The van der Waals surface area contributed by atoms with Gasteiger partial charge in [0.2, 0.25) is 5.88 Å². The number of carbonyl (C=O) groups excluding carboxylic acids is 1. The Morgan fingerprint density at radius 3 is 2.52 bits per heavy atom. The van der Waals surface area contributed by atoms with Crippen molar-refractivity contribution in [2.24, 2.45) is 5.92 Å². The predicted molar refractivity (Wildman–Crippen MR) is 97.4 cm³/mol. The number of hydrogen-bond donors (Lipinski definition) is 0. The van der Waals surface area contributed by atoms with Gasteiger partial charge in [-0.2, -0.15) is 4.98 Å². The van der Waals surface area contributed by atoms with Crippen LogP contribution in [-0.4, -0.2) is 40.5 Å². The third kappa shape index (κ3) is 4.56. The number of carbonyl (C=O) groups is 1. The van der Waals surface area contributed by atoms with Crippen molar-refractivity contribution in [1.29, 1.82) is 0 Å². The number of likely N-dealkylation sites (tertiary alicyclic amines) is 1. The highest BCUT2D eigenvalue weighted by atomic mass is 16.5. The van der Waals surface area contributed by atoms with Crippen LogP contribution in [0, 0.1) is 19.8 Å². The van der Waals surface area contributed by atoms with Gasteiger partial charge in [0.15, 0.2) is 12.4 Å². The Morgan fingerprint density at radius 2 is 1.84 bits per heavy atom. The molecule has 1 aromatic heterocycles. The summed E-state index contributed by atoms with van der Waals surface area (Å²) in [5.41, 5.74) is 2.95. The molecular formula is C20H25N3O2. The number of aromatic nitrogens is 2. The number of benzene rings is 1. The molecule has 132 valence electrons. The Balaban J connectivity index is 1.66. The quantitative estimate of drug-likeness (QED) is 0.857.